The second kappa shape index (κ2) is 4.91. The Bertz CT molecular complexity index is 207. The summed E-state index contributed by atoms with van der Waals surface area (Å²) in [4.78, 5) is 11.3. The van der Waals surface area contributed by atoms with Crippen molar-refractivity contribution in [3.63, 3.8) is 0 Å². The standard InChI is InChI=1S/C11H16O2/c1-3-8-13-11(12)10-6-4-9(2)5-7-10/h1,9-10H,4-8H2,2H3. The first-order valence-electron chi connectivity index (χ1n) is 4.84. The normalized spacial score (nSPS) is 27.7. The molecule has 0 amide bonds. The Kier molecular flexibility index (Phi) is 3.82. The van der Waals surface area contributed by atoms with E-state index in [0.29, 0.717) is 0 Å². The zero-order valence-electron chi connectivity index (χ0n) is 8.08. The molecule has 0 unspecified atom stereocenters. The first-order valence-corrected chi connectivity index (χ1v) is 4.84. The lowest BCUT2D eigenvalue weighted by Gasteiger charge is -2.24. The number of rotatable bonds is 2. The summed E-state index contributed by atoms with van der Waals surface area (Å²) in [6.45, 7) is 2.34. The predicted molar refractivity (Wildman–Crippen MR) is 50.9 cm³/mol. The van der Waals surface area contributed by atoms with Crippen LogP contribution in [-0.2, 0) is 9.53 Å². The van der Waals surface area contributed by atoms with Crippen LogP contribution in [0.25, 0.3) is 0 Å². The summed E-state index contributed by atoms with van der Waals surface area (Å²) in [5, 5.41) is 0. The fraction of sp³-hybridized carbons (Fsp3) is 0.727. The summed E-state index contributed by atoms with van der Waals surface area (Å²) in [6, 6.07) is 0. The third-order valence-corrected chi connectivity index (χ3v) is 2.65. The maximum Gasteiger partial charge on any atom is 0.309 e. The average molecular weight is 180 g/mol. The monoisotopic (exact) mass is 180 g/mol. The van der Waals surface area contributed by atoms with E-state index < -0.39 is 0 Å². The van der Waals surface area contributed by atoms with Gasteiger partial charge in [-0.15, -0.1) is 6.42 Å². The molecule has 13 heavy (non-hydrogen) atoms. The van der Waals surface area contributed by atoms with Crippen LogP contribution in [0.5, 0.6) is 0 Å². The zero-order valence-corrected chi connectivity index (χ0v) is 8.08. The van der Waals surface area contributed by atoms with Crippen LogP contribution < -0.4 is 0 Å². The molecule has 0 aliphatic heterocycles. The SMILES string of the molecule is C#CCOC(=O)C1CCC(C)CC1. The zero-order chi connectivity index (χ0) is 9.68. The molecule has 1 aliphatic carbocycles. The highest BCUT2D eigenvalue weighted by Gasteiger charge is 2.25. The number of carbonyl (C=O) groups excluding carboxylic acids is 1. The van der Waals surface area contributed by atoms with Gasteiger partial charge in [-0.2, -0.15) is 0 Å². The van der Waals surface area contributed by atoms with Crippen LogP contribution in [0.2, 0.25) is 0 Å². The fourth-order valence-corrected chi connectivity index (χ4v) is 1.73. The number of ether oxygens (including phenoxy) is 1. The van der Waals surface area contributed by atoms with E-state index in [4.69, 9.17) is 11.2 Å². The third-order valence-electron chi connectivity index (χ3n) is 2.65. The van der Waals surface area contributed by atoms with E-state index in [9.17, 15) is 4.79 Å². The third kappa shape index (κ3) is 3.10. The molecule has 0 heterocycles. The molecule has 0 spiro atoms. The second-order valence-electron chi connectivity index (χ2n) is 3.77. The van der Waals surface area contributed by atoms with Crippen LogP contribution >= 0.6 is 0 Å². The summed E-state index contributed by atoms with van der Waals surface area (Å²) in [5.41, 5.74) is 0. The molecular formula is C11H16O2. The molecule has 0 bridgehead atoms. The van der Waals surface area contributed by atoms with E-state index >= 15 is 0 Å². The largest absolute Gasteiger partial charge is 0.452 e. The molecule has 2 heteroatoms. The van der Waals surface area contributed by atoms with Crippen molar-refractivity contribution in [1.29, 1.82) is 0 Å². The molecule has 2 nitrogen and oxygen atoms in total. The Balaban J connectivity index is 2.28. The molecule has 1 saturated carbocycles. The van der Waals surface area contributed by atoms with Crippen molar-refractivity contribution >= 4 is 5.97 Å². The van der Waals surface area contributed by atoms with Crippen molar-refractivity contribution in [2.75, 3.05) is 6.61 Å². The van der Waals surface area contributed by atoms with Gasteiger partial charge in [-0.1, -0.05) is 12.8 Å². The first-order chi connectivity index (χ1) is 6.24. The van der Waals surface area contributed by atoms with Gasteiger partial charge in [0, 0.05) is 0 Å². The number of terminal acetylenes is 1. The maximum atomic E-state index is 11.3. The van der Waals surface area contributed by atoms with Crippen LogP contribution in [0.4, 0.5) is 0 Å². The van der Waals surface area contributed by atoms with Gasteiger partial charge in [0.25, 0.3) is 0 Å². The number of hydrogen-bond donors (Lipinski definition) is 0. The van der Waals surface area contributed by atoms with Crippen LogP contribution in [0.15, 0.2) is 0 Å². The highest BCUT2D eigenvalue weighted by Crippen LogP contribution is 2.28. The summed E-state index contributed by atoms with van der Waals surface area (Å²) >= 11 is 0. The van der Waals surface area contributed by atoms with Gasteiger partial charge in [0.2, 0.25) is 0 Å². The Morgan fingerprint density at radius 3 is 2.62 bits per heavy atom. The van der Waals surface area contributed by atoms with Crippen molar-refractivity contribution < 1.29 is 9.53 Å². The van der Waals surface area contributed by atoms with E-state index in [1.165, 1.54) is 0 Å². The summed E-state index contributed by atoms with van der Waals surface area (Å²) < 4.78 is 4.89. The topological polar surface area (TPSA) is 26.3 Å². The summed E-state index contributed by atoms with van der Waals surface area (Å²) in [7, 11) is 0. The minimum atomic E-state index is -0.107. The van der Waals surface area contributed by atoms with Crippen molar-refractivity contribution in [3.8, 4) is 12.3 Å². The molecule has 0 saturated heterocycles. The molecule has 0 aromatic rings. The average Bonchev–Trinajstić information content (AvgIpc) is 2.15. The Hall–Kier alpha value is -0.970. The van der Waals surface area contributed by atoms with E-state index in [1.54, 1.807) is 0 Å². The molecule has 0 atom stereocenters. The summed E-state index contributed by atoms with van der Waals surface area (Å²) in [6.07, 6.45) is 9.20. The molecule has 1 aliphatic rings. The Morgan fingerprint density at radius 1 is 1.46 bits per heavy atom. The van der Waals surface area contributed by atoms with Crippen LogP contribution in [-0.4, -0.2) is 12.6 Å². The van der Waals surface area contributed by atoms with Gasteiger partial charge in [-0.3, -0.25) is 4.79 Å². The minimum Gasteiger partial charge on any atom is -0.452 e. The van der Waals surface area contributed by atoms with E-state index in [-0.39, 0.29) is 18.5 Å². The lowest BCUT2D eigenvalue weighted by atomic mass is 9.83. The van der Waals surface area contributed by atoms with Gasteiger partial charge in [0.15, 0.2) is 6.61 Å². The van der Waals surface area contributed by atoms with Gasteiger partial charge in [0.1, 0.15) is 0 Å². The molecule has 1 rings (SSSR count). The number of hydrogen-bond acceptors (Lipinski definition) is 2. The number of esters is 1. The summed E-state index contributed by atoms with van der Waals surface area (Å²) in [5.74, 6) is 3.06. The van der Waals surface area contributed by atoms with Gasteiger partial charge < -0.3 is 4.74 Å². The van der Waals surface area contributed by atoms with Crippen molar-refractivity contribution in [3.05, 3.63) is 0 Å². The van der Waals surface area contributed by atoms with E-state index in [0.717, 1.165) is 31.6 Å². The Morgan fingerprint density at radius 2 is 2.08 bits per heavy atom. The minimum absolute atomic E-state index is 0.101. The smallest absolute Gasteiger partial charge is 0.309 e. The fourth-order valence-electron chi connectivity index (χ4n) is 1.73. The molecule has 72 valence electrons. The highest BCUT2D eigenvalue weighted by molar-refractivity contribution is 5.72. The predicted octanol–water partition coefficient (Wildman–Crippen LogP) is 1.99. The molecule has 1 fully saturated rings. The quantitative estimate of drug-likeness (QED) is 0.480. The van der Waals surface area contributed by atoms with Gasteiger partial charge in [-0.05, 0) is 31.6 Å². The van der Waals surface area contributed by atoms with Crippen LogP contribution in [0.1, 0.15) is 32.6 Å². The van der Waals surface area contributed by atoms with Gasteiger partial charge >= 0.3 is 5.97 Å². The number of carbonyl (C=O) groups is 1. The molecular weight excluding hydrogens is 164 g/mol. The van der Waals surface area contributed by atoms with Crippen LogP contribution in [0.3, 0.4) is 0 Å². The first kappa shape index (κ1) is 10.1. The lowest BCUT2D eigenvalue weighted by molar-refractivity contribution is -0.148. The molecule has 0 aromatic heterocycles. The molecule has 0 radical (unpaired) electrons. The molecule has 0 N–H and O–H groups in total. The molecule has 0 aromatic carbocycles. The maximum absolute atomic E-state index is 11.3. The van der Waals surface area contributed by atoms with E-state index in [1.807, 2.05) is 0 Å². The van der Waals surface area contributed by atoms with Crippen molar-refractivity contribution in [2.45, 2.75) is 32.6 Å². The Labute approximate surface area is 79.7 Å². The van der Waals surface area contributed by atoms with Crippen LogP contribution in [0, 0.1) is 24.2 Å². The highest BCUT2D eigenvalue weighted by atomic mass is 16.5. The van der Waals surface area contributed by atoms with Gasteiger partial charge in [0.05, 0.1) is 5.92 Å². The van der Waals surface area contributed by atoms with Crippen molar-refractivity contribution in [2.24, 2.45) is 11.8 Å². The van der Waals surface area contributed by atoms with Crippen molar-refractivity contribution in [1.82, 2.24) is 0 Å². The van der Waals surface area contributed by atoms with Gasteiger partial charge in [-0.25, -0.2) is 0 Å². The lowest BCUT2D eigenvalue weighted by Crippen LogP contribution is -2.22. The van der Waals surface area contributed by atoms with E-state index in [2.05, 4.69) is 12.8 Å². The second-order valence-corrected chi connectivity index (χ2v) is 3.77.